The standard InChI is InChI=1S/C49H31N3O2/c1-3-12-30(13-4-1)33-24-22-31-23-25-34(27-35(31)26-33)48-50-47(32-14-5-2-6-15-32)51-49(52-48)40-28-36(29-44-46(40)39-17-8-10-20-42(39)54-44)37-18-11-21-43-45(37)38-16-7-9-19-41(38)53-43/h1-29,49H,(H,50,51,52). The molecule has 0 bridgehead atoms. The molecule has 1 unspecified atom stereocenters. The fraction of sp³-hybridized carbons (Fsp3) is 0.0204. The summed E-state index contributed by atoms with van der Waals surface area (Å²) < 4.78 is 12.9. The van der Waals surface area contributed by atoms with E-state index in [9.17, 15) is 0 Å². The lowest BCUT2D eigenvalue weighted by Crippen LogP contribution is -2.33. The van der Waals surface area contributed by atoms with E-state index in [0.717, 1.165) is 88.3 Å². The zero-order valence-corrected chi connectivity index (χ0v) is 29.0. The molecule has 10 aromatic rings. The van der Waals surface area contributed by atoms with Crippen LogP contribution in [0.15, 0.2) is 195 Å². The first-order valence-electron chi connectivity index (χ1n) is 18.2. The molecular formula is C49H31N3O2. The zero-order chi connectivity index (χ0) is 35.6. The van der Waals surface area contributed by atoms with E-state index in [4.69, 9.17) is 18.8 Å². The van der Waals surface area contributed by atoms with Crippen molar-refractivity contribution in [3.8, 4) is 22.3 Å². The number of hydrogen-bond donors (Lipinski definition) is 1. The molecule has 1 atom stereocenters. The maximum Gasteiger partial charge on any atom is 0.159 e. The minimum Gasteiger partial charge on any atom is -0.456 e. The topological polar surface area (TPSA) is 63.0 Å². The molecule has 0 spiro atoms. The molecule has 0 saturated heterocycles. The summed E-state index contributed by atoms with van der Waals surface area (Å²) in [5, 5.41) is 10.3. The van der Waals surface area contributed by atoms with E-state index in [2.05, 4.69) is 127 Å². The van der Waals surface area contributed by atoms with Crippen LogP contribution in [0.3, 0.4) is 0 Å². The lowest BCUT2D eigenvalue weighted by atomic mass is 9.94. The third-order valence-electron chi connectivity index (χ3n) is 10.5. The highest BCUT2D eigenvalue weighted by atomic mass is 16.3. The number of aliphatic imine (C=N–C) groups is 2. The van der Waals surface area contributed by atoms with E-state index in [1.165, 1.54) is 11.1 Å². The van der Waals surface area contributed by atoms with Gasteiger partial charge in [0.2, 0.25) is 0 Å². The Morgan fingerprint density at radius 1 is 0.426 bits per heavy atom. The van der Waals surface area contributed by atoms with Crippen molar-refractivity contribution in [2.45, 2.75) is 6.17 Å². The highest BCUT2D eigenvalue weighted by Crippen LogP contribution is 2.42. The molecule has 11 rings (SSSR count). The summed E-state index contributed by atoms with van der Waals surface area (Å²) in [7, 11) is 0. The van der Waals surface area contributed by atoms with Crippen molar-refractivity contribution in [3.63, 3.8) is 0 Å². The molecule has 54 heavy (non-hydrogen) atoms. The summed E-state index contributed by atoms with van der Waals surface area (Å²) in [5.41, 5.74) is 10.7. The second kappa shape index (κ2) is 12.2. The fourth-order valence-electron chi connectivity index (χ4n) is 7.95. The van der Waals surface area contributed by atoms with Crippen molar-refractivity contribution in [2.75, 3.05) is 0 Å². The molecular weight excluding hydrogens is 663 g/mol. The van der Waals surface area contributed by atoms with Gasteiger partial charge in [0.05, 0.1) is 0 Å². The van der Waals surface area contributed by atoms with Crippen molar-refractivity contribution in [2.24, 2.45) is 9.98 Å². The van der Waals surface area contributed by atoms with E-state index in [1.54, 1.807) is 0 Å². The summed E-state index contributed by atoms with van der Waals surface area (Å²) in [4.78, 5) is 10.6. The summed E-state index contributed by atoms with van der Waals surface area (Å²) in [6.07, 6.45) is -0.470. The highest BCUT2D eigenvalue weighted by molar-refractivity contribution is 6.16. The number of hydrogen-bond acceptors (Lipinski definition) is 5. The van der Waals surface area contributed by atoms with Gasteiger partial charge in [-0.2, -0.15) is 0 Å². The molecule has 1 aliphatic heterocycles. The minimum absolute atomic E-state index is 0.470. The van der Waals surface area contributed by atoms with E-state index >= 15 is 0 Å². The Morgan fingerprint density at radius 2 is 1.06 bits per heavy atom. The van der Waals surface area contributed by atoms with E-state index in [0.29, 0.717) is 5.84 Å². The number of nitrogens with zero attached hydrogens (tertiary/aromatic N) is 2. The Bertz CT molecular complexity index is 3140. The second-order valence-corrected chi connectivity index (χ2v) is 13.8. The lowest BCUT2D eigenvalue weighted by molar-refractivity contribution is 0.662. The number of rotatable bonds is 5. The number of nitrogens with one attached hydrogen (secondary N) is 1. The number of amidine groups is 2. The molecule has 5 heteroatoms. The molecule has 1 aliphatic rings. The number of fused-ring (bicyclic) bond motifs is 7. The molecule has 0 fully saturated rings. The van der Waals surface area contributed by atoms with Crippen LogP contribution in [0.5, 0.6) is 0 Å². The van der Waals surface area contributed by atoms with Crippen LogP contribution >= 0.6 is 0 Å². The van der Waals surface area contributed by atoms with Gasteiger partial charge in [-0.25, -0.2) is 9.98 Å². The average Bonchev–Trinajstić information content (AvgIpc) is 3.82. The zero-order valence-electron chi connectivity index (χ0n) is 29.0. The molecule has 0 saturated carbocycles. The average molecular weight is 694 g/mol. The quantitative estimate of drug-likeness (QED) is 0.195. The molecule has 8 aromatic carbocycles. The summed E-state index contributed by atoms with van der Waals surface area (Å²) in [5.74, 6) is 1.43. The van der Waals surface area contributed by atoms with Crippen LogP contribution in [-0.2, 0) is 0 Å². The van der Waals surface area contributed by atoms with Crippen LogP contribution in [0.25, 0.3) is 76.9 Å². The van der Waals surface area contributed by atoms with Crippen LogP contribution in [-0.4, -0.2) is 11.7 Å². The van der Waals surface area contributed by atoms with Gasteiger partial charge < -0.3 is 14.2 Å². The lowest BCUT2D eigenvalue weighted by Gasteiger charge is -2.25. The number of benzene rings is 8. The van der Waals surface area contributed by atoms with Crippen molar-refractivity contribution < 1.29 is 8.83 Å². The van der Waals surface area contributed by atoms with Gasteiger partial charge in [0.15, 0.2) is 5.84 Å². The Balaban J connectivity index is 1.13. The second-order valence-electron chi connectivity index (χ2n) is 13.8. The third kappa shape index (κ3) is 5.01. The maximum absolute atomic E-state index is 6.62. The van der Waals surface area contributed by atoms with Crippen LogP contribution in [0, 0.1) is 0 Å². The van der Waals surface area contributed by atoms with Crippen molar-refractivity contribution >= 4 is 66.3 Å². The van der Waals surface area contributed by atoms with Gasteiger partial charge >= 0.3 is 0 Å². The highest BCUT2D eigenvalue weighted by Gasteiger charge is 2.26. The van der Waals surface area contributed by atoms with Gasteiger partial charge in [-0.1, -0.05) is 133 Å². The summed E-state index contributed by atoms with van der Waals surface area (Å²) >= 11 is 0. The Morgan fingerprint density at radius 3 is 1.83 bits per heavy atom. The smallest absolute Gasteiger partial charge is 0.159 e. The van der Waals surface area contributed by atoms with E-state index < -0.39 is 6.17 Å². The SMILES string of the molecule is c1ccc(C2=NC(c3ccc4ccc(-c5ccccc5)cc4c3)=NC(c3cc(-c4cccc5oc6ccccc6c45)cc4oc5ccccc5c34)N2)cc1. The summed E-state index contributed by atoms with van der Waals surface area (Å²) in [6, 6.07) is 61.0. The predicted octanol–water partition coefficient (Wildman–Crippen LogP) is 12.5. The van der Waals surface area contributed by atoms with Crippen LogP contribution < -0.4 is 5.32 Å². The van der Waals surface area contributed by atoms with Gasteiger partial charge in [0, 0.05) is 38.2 Å². The normalized spacial score (nSPS) is 14.5. The molecule has 3 heterocycles. The van der Waals surface area contributed by atoms with Gasteiger partial charge in [0.1, 0.15) is 34.3 Å². The van der Waals surface area contributed by atoms with Crippen LogP contribution in [0.2, 0.25) is 0 Å². The van der Waals surface area contributed by atoms with Crippen molar-refractivity contribution in [1.82, 2.24) is 5.32 Å². The van der Waals surface area contributed by atoms with Gasteiger partial charge in [-0.15, -0.1) is 0 Å². The molecule has 5 nitrogen and oxygen atoms in total. The Hall–Kier alpha value is -7.24. The molecule has 2 aromatic heterocycles. The van der Waals surface area contributed by atoms with Gasteiger partial charge in [0.25, 0.3) is 0 Å². The number of para-hydroxylation sites is 2. The molecule has 1 N–H and O–H groups in total. The van der Waals surface area contributed by atoms with Crippen molar-refractivity contribution in [1.29, 1.82) is 0 Å². The van der Waals surface area contributed by atoms with Crippen LogP contribution in [0.1, 0.15) is 22.9 Å². The Kier molecular flexibility index (Phi) is 6.85. The third-order valence-corrected chi connectivity index (χ3v) is 10.5. The molecule has 0 aliphatic carbocycles. The molecule has 0 amide bonds. The van der Waals surface area contributed by atoms with E-state index in [1.807, 2.05) is 54.6 Å². The first kappa shape index (κ1) is 30.4. The van der Waals surface area contributed by atoms with Gasteiger partial charge in [-0.3, -0.25) is 0 Å². The van der Waals surface area contributed by atoms with Crippen molar-refractivity contribution in [3.05, 3.63) is 193 Å². The van der Waals surface area contributed by atoms with Gasteiger partial charge in [-0.05, 0) is 75.5 Å². The molecule has 254 valence electrons. The van der Waals surface area contributed by atoms with E-state index in [-0.39, 0.29) is 0 Å². The minimum atomic E-state index is -0.470. The maximum atomic E-state index is 6.62. The Labute approximate surface area is 310 Å². The first-order chi connectivity index (χ1) is 26.7. The first-order valence-corrected chi connectivity index (χ1v) is 18.2. The van der Waals surface area contributed by atoms with Crippen LogP contribution in [0.4, 0.5) is 0 Å². The summed E-state index contributed by atoms with van der Waals surface area (Å²) in [6.45, 7) is 0. The fourth-order valence-corrected chi connectivity index (χ4v) is 7.95. The monoisotopic (exact) mass is 693 g/mol. The largest absolute Gasteiger partial charge is 0.456 e. The predicted molar refractivity (Wildman–Crippen MR) is 221 cm³/mol. The number of furan rings is 2. The molecule has 0 radical (unpaired) electrons.